The van der Waals surface area contributed by atoms with Crippen LogP contribution in [0.2, 0.25) is 0 Å². The molecule has 27 heavy (non-hydrogen) atoms. The predicted octanol–water partition coefficient (Wildman–Crippen LogP) is 4.23. The van der Waals surface area contributed by atoms with Crippen LogP contribution in [0.5, 0.6) is 5.75 Å². The van der Waals surface area contributed by atoms with Crippen LogP contribution in [-0.2, 0) is 4.79 Å². The minimum Gasteiger partial charge on any atom is -0.483 e. The van der Waals surface area contributed by atoms with Crippen LogP contribution in [0.3, 0.4) is 0 Å². The second kappa shape index (κ2) is 8.31. The van der Waals surface area contributed by atoms with Crippen molar-refractivity contribution in [1.82, 2.24) is 5.43 Å². The lowest BCUT2D eigenvalue weighted by atomic mass is 10.1. The Morgan fingerprint density at radius 2 is 1.93 bits per heavy atom. The van der Waals surface area contributed by atoms with Crippen LogP contribution >= 0.6 is 0 Å². The van der Waals surface area contributed by atoms with Gasteiger partial charge in [0.1, 0.15) is 23.1 Å². The standard InChI is InChI=1S/C21H19FN2O3/c1-14-4-3-5-19(15(14)2)26-13-21(25)24-23-12-18-10-11-20(27-18)16-6-8-17(22)9-7-16/h3-12H,13H2,1-2H3,(H,24,25)/b23-12+. The van der Waals surface area contributed by atoms with Gasteiger partial charge in [0, 0.05) is 5.56 Å². The van der Waals surface area contributed by atoms with E-state index in [0.29, 0.717) is 17.3 Å². The number of hydrogen-bond donors (Lipinski definition) is 1. The summed E-state index contributed by atoms with van der Waals surface area (Å²) in [5.41, 5.74) is 5.24. The van der Waals surface area contributed by atoms with Gasteiger partial charge < -0.3 is 9.15 Å². The fourth-order valence-electron chi connectivity index (χ4n) is 2.42. The van der Waals surface area contributed by atoms with Gasteiger partial charge in [-0.25, -0.2) is 9.82 Å². The van der Waals surface area contributed by atoms with Crippen molar-refractivity contribution in [2.45, 2.75) is 13.8 Å². The topological polar surface area (TPSA) is 63.8 Å². The Hall–Kier alpha value is -3.41. The van der Waals surface area contributed by atoms with E-state index in [9.17, 15) is 9.18 Å². The number of nitrogens with one attached hydrogen (secondary N) is 1. The molecule has 0 saturated carbocycles. The lowest BCUT2D eigenvalue weighted by molar-refractivity contribution is -0.123. The van der Waals surface area contributed by atoms with Crippen LogP contribution in [0.1, 0.15) is 16.9 Å². The number of ether oxygens (including phenoxy) is 1. The molecule has 138 valence electrons. The highest BCUT2D eigenvalue weighted by atomic mass is 19.1. The predicted molar refractivity (Wildman–Crippen MR) is 101 cm³/mol. The highest BCUT2D eigenvalue weighted by Crippen LogP contribution is 2.22. The average molecular weight is 366 g/mol. The number of nitrogens with zero attached hydrogens (tertiary/aromatic N) is 1. The highest BCUT2D eigenvalue weighted by molar-refractivity contribution is 5.81. The summed E-state index contributed by atoms with van der Waals surface area (Å²) in [5.74, 6) is 1.03. The van der Waals surface area contributed by atoms with Crippen molar-refractivity contribution >= 4 is 12.1 Å². The van der Waals surface area contributed by atoms with E-state index in [1.807, 2.05) is 32.0 Å². The fraction of sp³-hybridized carbons (Fsp3) is 0.143. The Bertz CT molecular complexity index is 962. The summed E-state index contributed by atoms with van der Waals surface area (Å²) in [5, 5.41) is 3.86. The Labute approximate surface area is 156 Å². The summed E-state index contributed by atoms with van der Waals surface area (Å²) >= 11 is 0. The summed E-state index contributed by atoms with van der Waals surface area (Å²) in [6.45, 7) is 3.78. The number of rotatable bonds is 6. The van der Waals surface area contributed by atoms with Crippen LogP contribution in [0, 0.1) is 19.7 Å². The minimum absolute atomic E-state index is 0.138. The number of carbonyl (C=O) groups is 1. The zero-order valence-corrected chi connectivity index (χ0v) is 15.0. The normalized spacial score (nSPS) is 10.9. The molecule has 0 aliphatic carbocycles. The maximum Gasteiger partial charge on any atom is 0.277 e. The number of aryl methyl sites for hydroxylation is 1. The number of halogens is 1. The van der Waals surface area contributed by atoms with E-state index in [-0.39, 0.29) is 18.3 Å². The van der Waals surface area contributed by atoms with Crippen LogP contribution in [0.25, 0.3) is 11.3 Å². The van der Waals surface area contributed by atoms with Gasteiger partial charge in [-0.2, -0.15) is 5.10 Å². The van der Waals surface area contributed by atoms with E-state index < -0.39 is 0 Å². The van der Waals surface area contributed by atoms with Crippen LogP contribution in [0.4, 0.5) is 4.39 Å². The smallest absolute Gasteiger partial charge is 0.277 e. The minimum atomic E-state index is -0.377. The van der Waals surface area contributed by atoms with E-state index in [1.165, 1.54) is 18.3 Å². The highest BCUT2D eigenvalue weighted by Gasteiger charge is 2.06. The molecule has 3 aromatic rings. The van der Waals surface area contributed by atoms with Gasteiger partial charge >= 0.3 is 0 Å². The zero-order valence-electron chi connectivity index (χ0n) is 15.0. The van der Waals surface area contributed by atoms with Crippen molar-refractivity contribution in [3.05, 3.63) is 77.3 Å². The monoisotopic (exact) mass is 366 g/mol. The van der Waals surface area contributed by atoms with Gasteiger partial charge in [-0.05, 0) is 67.4 Å². The van der Waals surface area contributed by atoms with E-state index in [0.717, 1.165) is 16.7 Å². The van der Waals surface area contributed by atoms with Crippen molar-refractivity contribution in [3.8, 4) is 17.1 Å². The van der Waals surface area contributed by atoms with Crippen molar-refractivity contribution in [1.29, 1.82) is 0 Å². The number of carbonyl (C=O) groups excluding carboxylic acids is 1. The zero-order chi connectivity index (χ0) is 19.2. The third-order valence-corrected chi connectivity index (χ3v) is 4.05. The molecule has 0 unspecified atom stereocenters. The first-order valence-corrected chi connectivity index (χ1v) is 8.39. The molecular weight excluding hydrogens is 347 g/mol. The molecular formula is C21H19FN2O3. The number of furan rings is 1. The number of benzene rings is 2. The van der Waals surface area contributed by atoms with E-state index in [4.69, 9.17) is 9.15 Å². The molecule has 0 spiro atoms. The average Bonchev–Trinajstić information content (AvgIpc) is 3.12. The number of hydrazone groups is 1. The van der Waals surface area contributed by atoms with Crippen LogP contribution in [0.15, 0.2) is 64.1 Å². The van der Waals surface area contributed by atoms with Gasteiger partial charge in [0.25, 0.3) is 5.91 Å². The molecule has 0 radical (unpaired) electrons. The first kappa shape index (κ1) is 18.4. The lowest BCUT2D eigenvalue weighted by Crippen LogP contribution is -2.24. The molecule has 0 atom stereocenters. The van der Waals surface area contributed by atoms with Gasteiger partial charge in [0.2, 0.25) is 0 Å². The van der Waals surface area contributed by atoms with Crippen molar-refractivity contribution in [2.75, 3.05) is 6.61 Å². The molecule has 0 fully saturated rings. The molecule has 2 aromatic carbocycles. The van der Waals surface area contributed by atoms with Crippen LogP contribution in [-0.4, -0.2) is 18.7 Å². The Kier molecular flexibility index (Phi) is 5.66. The molecule has 0 bridgehead atoms. The van der Waals surface area contributed by atoms with Crippen molar-refractivity contribution < 1.29 is 18.3 Å². The summed E-state index contributed by atoms with van der Waals surface area (Å²) in [6.07, 6.45) is 1.39. The second-order valence-electron chi connectivity index (χ2n) is 5.99. The van der Waals surface area contributed by atoms with Crippen molar-refractivity contribution in [2.24, 2.45) is 5.10 Å². The first-order chi connectivity index (χ1) is 13.0. The van der Waals surface area contributed by atoms with Gasteiger partial charge in [-0.3, -0.25) is 4.79 Å². The second-order valence-corrected chi connectivity index (χ2v) is 5.99. The van der Waals surface area contributed by atoms with Gasteiger partial charge in [0.05, 0.1) is 6.21 Å². The molecule has 0 saturated heterocycles. The Morgan fingerprint density at radius 3 is 2.70 bits per heavy atom. The first-order valence-electron chi connectivity index (χ1n) is 8.39. The molecule has 5 nitrogen and oxygen atoms in total. The number of hydrogen-bond acceptors (Lipinski definition) is 4. The van der Waals surface area contributed by atoms with Crippen LogP contribution < -0.4 is 10.2 Å². The van der Waals surface area contributed by atoms with E-state index in [1.54, 1.807) is 24.3 Å². The molecule has 6 heteroatoms. The van der Waals surface area contributed by atoms with E-state index in [2.05, 4.69) is 10.5 Å². The summed E-state index contributed by atoms with van der Waals surface area (Å²) < 4.78 is 24.1. The third-order valence-electron chi connectivity index (χ3n) is 4.05. The summed E-state index contributed by atoms with van der Waals surface area (Å²) in [6, 6.07) is 15.1. The molecule has 3 rings (SSSR count). The van der Waals surface area contributed by atoms with Gasteiger partial charge in [0.15, 0.2) is 6.61 Å². The molecule has 1 amide bonds. The molecule has 0 aliphatic rings. The fourth-order valence-corrected chi connectivity index (χ4v) is 2.42. The molecule has 0 aliphatic heterocycles. The molecule has 1 heterocycles. The maximum absolute atomic E-state index is 13.0. The Morgan fingerprint density at radius 1 is 1.15 bits per heavy atom. The number of amides is 1. The summed E-state index contributed by atoms with van der Waals surface area (Å²) in [4.78, 5) is 11.8. The third kappa shape index (κ3) is 4.82. The van der Waals surface area contributed by atoms with Gasteiger partial charge in [-0.1, -0.05) is 12.1 Å². The molecule has 1 N–H and O–H groups in total. The maximum atomic E-state index is 13.0. The SMILES string of the molecule is Cc1cccc(OCC(=O)N/N=C/c2ccc(-c3ccc(F)cc3)o2)c1C. The van der Waals surface area contributed by atoms with Crippen molar-refractivity contribution in [3.63, 3.8) is 0 Å². The quantitative estimate of drug-likeness (QED) is 0.524. The van der Waals surface area contributed by atoms with E-state index >= 15 is 0 Å². The summed E-state index contributed by atoms with van der Waals surface area (Å²) in [7, 11) is 0. The Balaban J connectivity index is 1.52. The van der Waals surface area contributed by atoms with Gasteiger partial charge in [-0.15, -0.1) is 0 Å². The molecule has 1 aromatic heterocycles. The largest absolute Gasteiger partial charge is 0.483 e. The lowest BCUT2D eigenvalue weighted by Gasteiger charge is -2.09.